The summed E-state index contributed by atoms with van der Waals surface area (Å²) in [5, 5.41) is 3.55. The maximum Gasteiger partial charge on any atom is 0.0195 e. The largest absolute Gasteiger partial charge is 0.329 e. The second-order valence-electron chi connectivity index (χ2n) is 4.00. The van der Waals surface area contributed by atoms with Crippen molar-refractivity contribution < 1.29 is 0 Å². The van der Waals surface area contributed by atoms with Crippen LogP contribution in [0.1, 0.15) is 33.1 Å². The lowest BCUT2D eigenvalue weighted by molar-refractivity contribution is 0.422. The first-order valence-corrected chi connectivity index (χ1v) is 4.68. The maximum atomic E-state index is 5.63. The predicted octanol–water partition coefficient (Wildman–Crippen LogP) is 1.11. The lowest BCUT2D eigenvalue weighted by atomic mass is 10.0. The van der Waals surface area contributed by atoms with Gasteiger partial charge in [-0.05, 0) is 25.2 Å². The second kappa shape index (κ2) is 4.07. The lowest BCUT2D eigenvalue weighted by Crippen LogP contribution is -2.38. The van der Waals surface area contributed by atoms with Gasteiger partial charge in [0.2, 0.25) is 0 Å². The molecular formula is C9H20N2. The van der Waals surface area contributed by atoms with Gasteiger partial charge in [0.1, 0.15) is 0 Å². The zero-order valence-corrected chi connectivity index (χ0v) is 7.64. The summed E-state index contributed by atoms with van der Waals surface area (Å²) in [4.78, 5) is 0. The zero-order valence-electron chi connectivity index (χ0n) is 7.64. The van der Waals surface area contributed by atoms with Crippen LogP contribution in [-0.2, 0) is 0 Å². The smallest absolute Gasteiger partial charge is 0.0195 e. The first-order chi connectivity index (χ1) is 5.22. The van der Waals surface area contributed by atoms with Crippen LogP contribution >= 0.6 is 0 Å². The van der Waals surface area contributed by atoms with Crippen LogP contribution in [0.2, 0.25) is 0 Å². The number of nitrogens with two attached hydrogens (primary N) is 1. The van der Waals surface area contributed by atoms with Crippen molar-refractivity contribution in [3.05, 3.63) is 0 Å². The molecular weight excluding hydrogens is 136 g/mol. The van der Waals surface area contributed by atoms with Crippen molar-refractivity contribution >= 4 is 0 Å². The first kappa shape index (κ1) is 9.01. The molecule has 2 heteroatoms. The summed E-state index contributed by atoms with van der Waals surface area (Å²) in [6.07, 6.45) is 3.93. The fraction of sp³-hybridized carbons (Fsp3) is 1.00. The molecule has 3 N–H and O–H groups in total. The lowest BCUT2D eigenvalue weighted by Gasteiger charge is -2.18. The molecule has 0 amide bonds. The fourth-order valence-electron chi connectivity index (χ4n) is 1.38. The van der Waals surface area contributed by atoms with Gasteiger partial charge in [-0.25, -0.2) is 0 Å². The monoisotopic (exact) mass is 156 g/mol. The summed E-state index contributed by atoms with van der Waals surface area (Å²) in [7, 11) is 0. The predicted molar refractivity (Wildman–Crippen MR) is 48.5 cm³/mol. The van der Waals surface area contributed by atoms with E-state index in [-0.39, 0.29) is 0 Å². The Morgan fingerprint density at radius 3 is 2.45 bits per heavy atom. The third kappa shape index (κ3) is 3.73. The van der Waals surface area contributed by atoms with E-state index in [1.54, 1.807) is 0 Å². The summed E-state index contributed by atoms with van der Waals surface area (Å²) >= 11 is 0. The Morgan fingerprint density at radius 2 is 2.09 bits per heavy atom. The fourth-order valence-corrected chi connectivity index (χ4v) is 1.38. The van der Waals surface area contributed by atoms with Crippen LogP contribution in [0.15, 0.2) is 0 Å². The number of rotatable bonds is 5. The highest BCUT2D eigenvalue weighted by atomic mass is 15.0. The van der Waals surface area contributed by atoms with E-state index in [2.05, 4.69) is 19.2 Å². The SMILES string of the molecule is CC(C)CC(CN)NC1CC1. The Kier molecular flexibility index (Phi) is 3.34. The third-order valence-electron chi connectivity index (χ3n) is 2.09. The van der Waals surface area contributed by atoms with Gasteiger partial charge in [0.25, 0.3) is 0 Å². The molecule has 0 radical (unpaired) electrons. The van der Waals surface area contributed by atoms with Crippen LogP contribution in [0.3, 0.4) is 0 Å². The Labute approximate surface area is 69.5 Å². The van der Waals surface area contributed by atoms with Crippen LogP contribution in [0.25, 0.3) is 0 Å². The first-order valence-electron chi connectivity index (χ1n) is 4.68. The van der Waals surface area contributed by atoms with E-state index < -0.39 is 0 Å². The molecule has 66 valence electrons. The zero-order chi connectivity index (χ0) is 8.27. The Hall–Kier alpha value is -0.0800. The van der Waals surface area contributed by atoms with E-state index in [0.29, 0.717) is 6.04 Å². The molecule has 1 unspecified atom stereocenters. The number of hydrogen-bond acceptors (Lipinski definition) is 2. The molecule has 0 aliphatic heterocycles. The van der Waals surface area contributed by atoms with Gasteiger partial charge in [0.15, 0.2) is 0 Å². The van der Waals surface area contributed by atoms with Gasteiger partial charge < -0.3 is 11.1 Å². The standard InChI is InChI=1S/C9H20N2/c1-7(2)5-9(6-10)11-8-3-4-8/h7-9,11H,3-6,10H2,1-2H3. The maximum absolute atomic E-state index is 5.63. The number of nitrogens with one attached hydrogen (secondary N) is 1. The molecule has 0 aromatic rings. The van der Waals surface area contributed by atoms with E-state index in [1.807, 2.05) is 0 Å². The molecule has 0 aromatic carbocycles. The molecule has 1 aliphatic rings. The van der Waals surface area contributed by atoms with Crippen LogP contribution < -0.4 is 11.1 Å². The molecule has 1 saturated carbocycles. The van der Waals surface area contributed by atoms with E-state index in [4.69, 9.17) is 5.73 Å². The number of hydrogen-bond donors (Lipinski definition) is 2. The van der Waals surface area contributed by atoms with Gasteiger partial charge in [-0.15, -0.1) is 0 Å². The summed E-state index contributed by atoms with van der Waals surface area (Å²) in [5.41, 5.74) is 5.63. The van der Waals surface area contributed by atoms with Crippen molar-refractivity contribution in [2.75, 3.05) is 6.54 Å². The van der Waals surface area contributed by atoms with E-state index in [9.17, 15) is 0 Å². The molecule has 0 spiro atoms. The van der Waals surface area contributed by atoms with Gasteiger partial charge in [-0.1, -0.05) is 13.8 Å². The average Bonchev–Trinajstić information content (AvgIpc) is 2.69. The Bertz CT molecular complexity index is 104. The highest BCUT2D eigenvalue weighted by Crippen LogP contribution is 2.20. The van der Waals surface area contributed by atoms with Crippen molar-refractivity contribution in [3.63, 3.8) is 0 Å². The minimum atomic E-state index is 0.558. The highest BCUT2D eigenvalue weighted by molar-refractivity contribution is 4.85. The molecule has 0 aromatic heterocycles. The van der Waals surface area contributed by atoms with E-state index in [0.717, 1.165) is 18.5 Å². The average molecular weight is 156 g/mol. The Morgan fingerprint density at radius 1 is 1.45 bits per heavy atom. The van der Waals surface area contributed by atoms with E-state index >= 15 is 0 Å². The summed E-state index contributed by atoms with van der Waals surface area (Å²) in [5.74, 6) is 0.759. The van der Waals surface area contributed by atoms with Gasteiger partial charge in [0.05, 0.1) is 0 Å². The van der Waals surface area contributed by atoms with Gasteiger partial charge in [0, 0.05) is 18.6 Å². The Balaban J connectivity index is 2.12. The molecule has 0 bridgehead atoms. The van der Waals surface area contributed by atoms with Gasteiger partial charge >= 0.3 is 0 Å². The quantitative estimate of drug-likeness (QED) is 0.626. The molecule has 0 heterocycles. The molecule has 1 atom stereocenters. The molecule has 1 aliphatic carbocycles. The van der Waals surface area contributed by atoms with Crippen molar-refractivity contribution in [3.8, 4) is 0 Å². The molecule has 2 nitrogen and oxygen atoms in total. The molecule has 11 heavy (non-hydrogen) atoms. The summed E-state index contributed by atoms with van der Waals surface area (Å²) in [6.45, 7) is 5.28. The van der Waals surface area contributed by atoms with Crippen LogP contribution in [0.5, 0.6) is 0 Å². The molecule has 0 saturated heterocycles. The molecule has 1 fully saturated rings. The van der Waals surface area contributed by atoms with Gasteiger partial charge in [-0.3, -0.25) is 0 Å². The van der Waals surface area contributed by atoms with Crippen LogP contribution in [0, 0.1) is 5.92 Å². The molecule has 1 rings (SSSR count). The van der Waals surface area contributed by atoms with Crippen molar-refractivity contribution in [1.82, 2.24) is 5.32 Å². The normalized spacial score (nSPS) is 20.7. The van der Waals surface area contributed by atoms with Gasteiger partial charge in [-0.2, -0.15) is 0 Å². The highest BCUT2D eigenvalue weighted by Gasteiger charge is 2.23. The topological polar surface area (TPSA) is 38.0 Å². The second-order valence-corrected chi connectivity index (χ2v) is 4.00. The van der Waals surface area contributed by atoms with Crippen molar-refractivity contribution in [2.45, 2.75) is 45.2 Å². The minimum absolute atomic E-state index is 0.558. The summed E-state index contributed by atoms with van der Waals surface area (Å²) < 4.78 is 0. The van der Waals surface area contributed by atoms with Crippen LogP contribution in [-0.4, -0.2) is 18.6 Å². The minimum Gasteiger partial charge on any atom is -0.329 e. The van der Waals surface area contributed by atoms with Crippen molar-refractivity contribution in [1.29, 1.82) is 0 Å². The summed E-state index contributed by atoms with van der Waals surface area (Å²) in [6, 6.07) is 1.35. The van der Waals surface area contributed by atoms with Crippen LogP contribution in [0.4, 0.5) is 0 Å². The van der Waals surface area contributed by atoms with E-state index in [1.165, 1.54) is 19.3 Å². The third-order valence-corrected chi connectivity index (χ3v) is 2.09. The van der Waals surface area contributed by atoms with Crippen molar-refractivity contribution in [2.24, 2.45) is 11.7 Å².